The second kappa shape index (κ2) is 13.8. The first kappa shape index (κ1) is 35.3. The van der Waals surface area contributed by atoms with E-state index in [0.29, 0.717) is 0 Å². The van der Waals surface area contributed by atoms with E-state index in [1.165, 1.54) is 59.5 Å². The fourth-order valence-electron chi connectivity index (χ4n) is 9.83. The third-order valence-corrected chi connectivity index (χ3v) is 14.8. The summed E-state index contributed by atoms with van der Waals surface area (Å²) in [6.45, 7) is 0. The van der Waals surface area contributed by atoms with Crippen LogP contribution in [0.3, 0.4) is 0 Å². The van der Waals surface area contributed by atoms with Crippen LogP contribution in [0.5, 0.6) is 11.5 Å². The van der Waals surface area contributed by atoms with Crippen molar-refractivity contribution < 1.29 is 4.74 Å². The third kappa shape index (κ3) is 5.42. The molecule has 11 aromatic rings. The molecule has 3 heterocycles. The predicted molar refractivity (Wildman–Crippen MR) is 257 cm³/mol. The molecule has 0 bridgehead atoms. The lowest BCUT2D eigenvalue weighted by Gasteiger charge is -2.39. The number of thiazole rings is 2. The van der Waals surface area contributed by atoms with E-state index < -0.39 is 5.41 Å². The minimum absolute atomic E-state index is 0.477. The van der Waals surface area contributed by atoms with E-state index in [2.05, 4.69) is 206 Å². The molecule has 3 nitrogen and oxygen atoms in total. The molecule has 1 spiro atoms. The van der Waals surface area contributed by atoms with Crippen LogP contribution in [-0.4, -0.2) is 9.97 Å². The first-order valence-corrected chi connectivity index (χ1v) is 22.5. The molecule has 2 aliphatic rings. The maximum Gasteiger partial charge on any atom is 0.132 e. The largest absolute Gasteiger partial charge is 0.457 e. The van der Waals surface area contributed by atoms with E-state index >= 15 is 0 Å². The molecule has 1 aliphatic carbocycles. The number of nitrogens with zero attached hydrogens (tertiary/aromatic N) is 2. The Bertz CT molecular complexity index is 3390. The summed E-state index contributed by atoms with van der Waals surface area (Å²) < 4.78 is 8.92. The monoisotopic (exact) mass is 826 g/mol. The molecule has 0 saturated heterocycles. The molecule has 13 rings (SSSR count). The Labute approximate surface area is 366 Å². The van der Waals surface area contributed by atoms with Crippen molar-refractivity contribution in [1.29, 1.82) is 0 Å². The van der Waals surface area contributed by atoms with E-state index in [-0.39, 0.29) is 0 Å². The summed E-state index contributed by atoms with van der Waals surface area (Å²) >= 11 is 3.47. The summed E-state index contributed by atoms with van der Waals surface area (Å²) in [7, 11) is 0. The van der Waals surface area contributed by atoms with Crippen molar-refractivity contribution >= 4 is 43.1 Å². The van der Waals surface area contributed by atoms with E-state index in [1.54, 1.807) is 22.7 Å². The van der Waals surface area contributed by atoms with Crippen molar-refractivity contribution in [3.05, 3.63) is 229 Å². The Morgan fingerprint density at radius 3 is 1.34 bits per heavy atom. The van der Waals surface area contributed by atoms with Gasteiger partial charge in [0.05, 0.1) is 25.8 Å². The highest BCUT2D eigenvalue weighted by Gasteiger charge is 2.50. The summed E-state index contributed by atoms with van der Waals surface area (Å²) in [6.07, 6.45) is 0. The Balaban J connectivity index is 0.912. The van der Waals surface area contributed by atoms with E-state index in [1.807, 2.05) is 0 Å². The second-order valence-electron chi connectivity index (χ2n) is 16.1. The minimum Gasteiger partial charge on any atom is -0.457 e. The van der Waals surface area contributed by atoms with Gasteiger partial charge in [-0.25, -0.2) is 9.97 Å². The van der Waals surface area contributed by atoms with E-state index in [4.69, 9.17) is 14.7 Å². The van der Waals surface area contributed by atoms with Gasteiger partial charge in [-0.2, -0.15) is 0 Å². The van der Waals surface area contributed by atoms with Gasteiger partial charge in [0.15, 0.2) is 0 Å². The zero-order valence-electron chi connectivity index (χ0n) is 33.2. The van der Waals surface area contributed by atoms with Crippen molar-refractivity contribution in [2.45, 2.75) is 5.41 Å². The van der Waals surface area contributed by atoms with Gasteiger partial charge >= 0.3 is 0 Å². The van der Waals surface area contributed by atoms with E-state index in [0.717, 1.165) is 60.4 Å². The zero-order chi connectivity index (χ0) is 40.8. The van der Waals surface area contributed by atoms with Crippen LogP contribution in [0.25, 0.3) is 86.1 Å². The number of aromatic nitrogens is 2. The molecule has 0 radical (unpaired) electrons. The van der Waals surface area contributed by atoms with Crippen molar-refractivity contribution in [1.82, 2.24) is 9.97 Å². The smallest absolute Gasteiger partial charge is 0.132 e. The highest BCUT2D eigenvalue weighted by Crippen LogP contribution is 2.62. The summed E-state index contributed by atoms with van der Waals surface area (Å²) in [5.74, 6) is 1.81. The molecule has 0 fully saturated rings. The highest BCUT2D eigenvalue weighted by molar-refractivity contribution is 7.22. The van der Waals surface area contributed by atoms with Crippen LogP contribution in [-0.2, 0) is 5.41 Å². The fraction of sp³-hybridized carbons (Fsp3) is 0.0175. The number of fused-ring (bicyclic) bond motifs is 11. The molecule has 0 saturated carbocycles. The van der Waals surface area contributed by atoms with Gasteiger partial charge in [-0.05, 0) is 128 Å². The number of rotatable bonds is 5. The zero-order valence-corrected chi connectivity index (χ0v) is 34.9. The number of benzene rings is 9. The quantitative estimate of drug-likeness (QED) is 0.173. The normalized spacial score (nSPS) is 13.1. The summed E-state index contributed by atoms with van der Waals surface area (Å²) in [5.41, 5.74) is 18.2. The van der Waals surface area contributed by atoms with Crippen LogP contribution in [0.1, 0.15) is 22.3 Å². The van der Waals surface area contributed by atoms with Crippen molar-refractivity contribution in [2.75, 3.05) is 0 Å². The summed E-state index contributed by atoms with van der Waals surface area (Å²) in [4.78, 5) is 10.1. The van der Waals surface area contributed by atoms with Gasteiger partial charge in [0.2, 0.25) is 0 Å². The molecule has 2 aromatic heterocycles. The Kier molecular flexibility index (Phi) is 7.86. The molecule has 290 valence electrons. The molecular formula is C57H34N2OS2. The Morgan fingerprint density at radius 1 is 0.323 bits per heavy atom. The van der Waals surface area contributed by atoms with Gasteiger partial charge in [-0.3, -0.25) is 0 Å². The highest BCUT2D eigenvalue weighted by atomic mass is 32.1. The van der Waals surface area contributed by atoms with Crippen LogP contribution in [0, 0.1) is 0 Å². The van der Waals surface area contributed by atoms with E-state index in [9.17, 15) is 0 Å². The van der Waals surface area contributed by atoms with Gasteiger partial charge in [0.25, 0.3) is 0 Å². The first-order valence-electron chi connectivity index (χ1n) is 20.9. The van der Waals surface area contributed by atoms with Gasteiger partial charge in [0.1, 0.15) is 21.5 Å². The molecule has 0 N–H and O–H groups in total. The summed E-state index contributed by atoms with van der Waals surface area (Å²) in [6, 6.07) is 74.5. The second-order valence-corrected chi connectivity index (χ2v) is 18.1. The van der Waals surface area contributed by atoms with Crippen LogP contribution in [0.15, 0.2) is 206 Å². The van der Waals surface area contributed by atoms with Gasteiger partial charge in [0, 0.05) is 22.3 Å². The summed E-state index contributed by atoms with van der Waals surface area (Å²) in [5, 5.41) is 2.01. The van der Waals surface area contributed by atoms with Gasteiger partial charge in [-0.1, -0.05) is 133 Å². The third-order valence-electron chi connectivity index (χ3n) is 12.6. The van der Waals surface area contributed by atoms with Gasteiger partial charge < -0.3 is 4.74 Å². The lowest BCUT2D eigenvalue weighted by molar-refractivity contribution is 0.436. The minimum atomic E-state index is -0.477. The average Bonchev–Trinajstić information content (AvgIpc) is 4.06. The Hall–Kier alpha value is -7.44. The molecule has 5 heteroatoms. The number of hydrogen-bond donors (Lipinski definition) is 0. The maximum absolute atomic E-state index is 6.55. The predicted octanol–water partition coefficient (Wildman–Crippen LogP) is 15.7. The van der Waals surface area contributed by atoms with Crippen molar-refractivity contribution in [2.24, 2.45) is 0 Å². The molecule has 1 aliphatic heterocycles. The number of para-hydroxylation sites is 4. The van der Waals surface area contributed by atoms with Gasteiger partial charge in [-0.15, -0.1) is 22.7 Å². The number of hydrogen-bond acceptors (Lipinski definition) is 5. The molecule has 0 atom stereocenters. The van der Waals surface area contributed by atoms with Crippen molar-refractivity contribution in [3.8, 4) is 77.1 Å². The molecule has 0 amide bonds. The van der Waals surface area contributed by atoms with Crippen LogP contribution < -0.4 is 4.74 Å². The lowest BCUT2D eigenvalue weighted by atomic mass is 9.66. The lowest BCUT2D eigenvalue weighted by Crippen LogP contribution is -2.32. The van der Waals surface area contributed by atoms with Crippen LogP contribution >= 0.6 is 22.7 Å². The Morgan fingerprint density at radius 2 is 0.758 bits per heavy atom. The molecule has 62 heavy (non-hydrogen) atoms. The van der Waals surface area contributed by atoms with Crippen molar-refractivity contribution in [3.63, 3.8) is 0 Å². The topological polar surface area (TPSA) is 35.0 Å². The van der Waals surface area contributed by atoms with Crippen LogP contribution in [0.2, 0.25) is 0 Å². The maximum atomic E-state index is 6.55. The standard InChI is InChI=1S/C57H34N2OS2/c1-2-18-45-43(17-1)44-34-39(27-28-46(44)57(45)47-19-3-7-23-51(47)60-52-24-8-4-20-48(52)57)37-15-11-13-35(29-37)36-14-12-16-38(30-36)40-31-41(55-58-49-21-5-9-25-53(49)61-55)33-42(32-40)56-59-50-22-6-10-26-54(50)62-56/h1-34H. The number of ether oxygens (including phenoxy) is 1. The van der Waals surface area contributed by atoms with Crippen LogP contribution in [0.4, 0.5) is 0 Å². The SMILES string of the molecule is c1cc(-c2cccc(-c3ccc4c(c3)-c3ccccc3C43c4ccccc4Oc4ccccc43)c2)cc(-c2cc(-c3nc4ccccc4s3)cc(-c3nc4ccccc4s3)c2)c1. The molecule has 9 aromatic carbocycles. The molecule has 0 unspecified atom stereocenters. The first-order chi connectivity index (χ1) is 30.7. The fourth-order valence-corrected chi connectivity index (χ4v) is 11.7. The average molecular weight is 827 g/mol. The molecular weight excluding hydrogens is 793 g/mol.